The summed E-state index contributed by atoms with van der Waals surface area (Å²) in [6.45, 7) is 2.86. The third kappa shape index (κ3) is 4.77. The number of hydrogen-bond acceptors (Lipinski definition) is 0. The maximum absolute atomic E-state index is 12.0. The zero-order valence-electron chi connectivity index (χ0n) is 7.88. The molecular weight excluding hydrogens is 246 g/mol. The Hall–Kier alpha value is -0.390. The molecule has 0 radical (unpaired) electrons. The Morgan fingerprint density at radius 3 is 1.53 bits per heavy atom. The number of alkyl halides is 7. The van der Waals surface area contributed by atoms with Crippen molar-refractivity contribution in [2.24, 2.45) is 5.92 Å². The van der Waals surface area contributed by atoms with Gasteiger partial charge >= 0.3 is 12.4 Å². The zero-order valence-corrected chi connectivity index (χ0v) is 8.63. The summed E-state index contributed by atoms with van der Waals surface area (Å²) < 4.78 is 72.0. The maximum atomic E-state index is 12.0. The molecule has 0 aromatic carbocycles. The first-order valence-corrected chi connectivity index (χ1v) is 4.40. The highest BCUT2D eigenvalue weighted by molar-refractivity contribution is 6.22. The van der Waals surface area contributed by atoms with Crippen LogP contribution >= 0.6 is 11.6 Å². The minimum atomic E-state index is -5.43. The Morgan fingerprint density at radius 2 is 1.33 bits per heavy atom. The third-order valence-electron chi connectivity index (χ3n) is 1.57. The Morgan fingerprint density at radius 1 is 1.00 bits per heavy atom. The molecule has 90 valence electrons. The fraction of sp³-hybridized carbons (Fsp3) is 0.750. The lowest BCUT2D eigenvalue weighted by atomic mass is 10.1. The highest BCUT2D eigenvalue weighted by Gasteiger charge is 2.51. The van der Waals surface area contributed by atoms with Crippen LogP contribution in [0.4, 0.5) is 26.3 Å². The van der Waals surface area contributed by atoms with Crippen LogP contribution in [0.2, 0.25) is 0 Å². The van der Waals surface area contributed by atoms with Gasteiger partial charge in [-0.2, -0.15) is 26.3 Å². The first-order valence-electron chi connectivity index (χ1n) is 3.96. The summed E-state index contributed by atoms with van der Waals surface area (Å²) in [4.78, 5) is 0. The van der Waals surface area contributed by atoms with Crippen LogP contribution in [-0.2, 0) is 0 Å². The normalized spacial score (nSPS) is 15.3. The second-order valence-electron chi connectivity index (χ2n) is 3.26. The van der Waals surface area contributed by atoms with Crippen molar-refractivity contribution in [2.75, 3.05) is 0 Å². The summed E-state index contributed by atoms with van der Waals surface area (Å²) in [6.07, 6.45) is -10.9. The predicted molar refractivity (Wildman–Crippen MR) is 44.7 cm³/mol. The Kier molecular flexibility index (Phi) is 4.51. The summed E-state index contributed by atoms with van der Waals surface area (Å²) in [5, 5.41) is -1.30. The summed E-state index contributed by atoms with van der Waals surface area (Å²) in [7, 11) is 0. The van der Waals surface area contributed by atoms with Crippen molar-refractivity contribution in [3.05, 3.63) is 11.6 Å². The van der Waals surface area contributed by atoms with Gasteiger partial charge in [0.2, 0.25) is 0 Å². The van der Waals surface area contributed by atoms with E-state index in [1.807, 2.05) is 0 Å². The molecule has 0 aromatic heterocycles. The van der Waals surface area contributed by atoms with E-state index in [-0.39, 0.29) is 6.08 Å². The van der Waals surface area contributed by atoms with Gasteiger partial charge < -0.3 is 0 Å². The molecule has 0 fully saturated rings. The minimum absolute atomic E-state index is 0.00617. The average molecular weight is 255 g/mol. The van der Waals surface area contributed by atoms with Crippen LogP contribution in [0.1, 0.15) is 13.8 Å². The molecule has 1 atom stereocenters. The lowest BCUT2D eigenvalue weighted by Gasteiger charge is -2.17. The molecular formula is C8H9ClF6. The molecule has 0 aromatic rings. The smallest absolute Gasteiger partial charge is 0.166 e. The summed E-state index contributed by atoms with van der Waals surface area (Å²) >= 11 is 5.35. The molecule has 0 aliphatic rings. The van der Waals surface area contributed by atoms with Crippen LogP contribution in [0.3, 0.4) is 0 Å². The molecule has 0 N–H and O–H groups in total. The van der Waals surface area contributed by atoms with Gasteiger partial charge in [0, 0.05) is 0 Å². The van der Waals surface area contributed by atoms with E-state index in [1.165, 1.54) is 13.8 Å². The summed E-state index contributed by atoms with van der Waals surface area (Å²) in [6, 6.07) is 0. The van der Waals surface area contributed by atoms with Crippen molar-refractivity contribution in [3.63, 3.8) is 0 Å². The van der Waals surface area contributed by atoms with Crippen molar-refractivity contribution in [1.82, 2.24) is 0 Å². The van der Waals surface area contributed by atoms with E-state index in [4.69, 9.17) is 11.6 Å². The molecule has 0 bridgehead atoms. The topological polar surface area (TPSA) is 0 Å². The second kappa shape index (κ2) is 4.63. The largest absolute Gasteiger partial charge is 0.421 e. The number of hydrogen-bond donors (Lipinski definition) is 0. The highest BCUT2D eigenvalue weighted by atomic mass is 35.5. The quantitative estimate of drug-likeness (QED) is 0.391. The predicted octanol–water partition coefficient (Wildman–Crippen LogP) is 4.30. The fourth-order valence-electron chi connectivity index (χ4n) is 0.701. The van der Waals surface area contributed by atoms with Gasteiger partial charge in [0.25, 0.3) is 0 Å². The molecule has 15 heavy (non-hydrogen) atoms. The van der Waals surface area contributed by atoms with E-state index >= 15 is 0 Å². The van der Waals surface area contributed by atoms with Gasteiger partial charge in [-0.15, -0.1) is 11.6 Å². The summed E-state index contributed by atoms with van der Waals surface area (Å²) in [5.41, 5.74) is -2.55. The third-order valence-corrected chi connectivity index (χ3v) is 2.20. The van der Waals surface area contributed by atoms with E-state index < -0.39 is 29.2 Å². The van der Waals surface area contributed by atoms with E-state index in [2.05, 4.69) is 0 Å². The van der Waals surface area contributed by atoms with Gasteiger partial charge in [-0.25, -0.2) is 0 Å². The van der Waals surface area contributed by atoms with Gasteiger partial charge in [0.05, 0.1) is 5.38 Å². The Bertz CT molecular complexity index is 220. The van der Waals surface area contributed by atoms with Crippen molar-refractivity contribution in [2.45, 2.75) is 31.6 Å². The lowest BCUT2D eigenvalue weighted by Crippen LogP contribution is -2.27. The van der Waals surface area contributed by atoms with Crippen LogP contribution in [0.25, 0.3) is 0 Å². The van der Waals surface area contributed by atoms with Gasteiger partial charge in [0.15, 0.2) is 0 Å². The molecule has 0 spiro atoms. The lowest BCUT2D eigenvalue weighted by molar-refractivity contribution is -0.172. The van der Waals surface area contributed by atoms with Crippen molar-refractivity contribution >= 4 is 11.6 Å². The SMILES string of the molecule is CC(C)C(Cl)C=C(C(F)(F)F)C(F)(F)F. The zero-order chi connectivity index (χ0) is 12.4. The summed E-state index contributed by atoms with van der Waals surface area (Å²) in [5.74, 6) is -0.508. The van der Waals surface area contributed by atoms with E-state index in [9.17, 15) is 26.3 Å². The monoisotopic (exact) mass is 254 g/mol. The van der Waals surface area contributed by atoms with Crippen LogP contribution in [-0.4, -0.2) is 17.7 Å². The van der Waals surface area contributed by atoms with Crippen LogP contribution in [0, 0.1) is 5.92 Å². The molecule has 0 nitrogen and oxygen atoms in total. The molecule has 0 saturated carbocycles. The highest BCUT2D eigenvalue weighted by Crippen LogP contribution is 2.39. The van der Waals surface area contributed by atoms with Crippen molar-refractivity contribution in [3.8, 4) is 0 Å². The van der Waals surface area contributed by atoms with E-state index in [0.717, 1.165) is 0 Å². The van der Waals surface area contributed by atoms with Crippen molar-refractivity contribution in [1.29, 1.82) is 0 Å². The molecule has 1 unspecified atom stereocenters. The van der Waals surface area contributed by atoms with Crippen LogP contribution < -0.4 is 0 Å². The molecule has 0 aliphatic heterocycles. The van der Waals surface area contributed by atoms with Crippen LogP contribution in [0.15, 0.2) is 11.6 Å². The first kappa shape index (κ1) is 14.6. The van der Waals surface area contributed by atoms with Crippen LogP contribution in [0.5, 0.6) is 0 Å². The maximum Gasteiger partial charge on any atom is 0.421 e. The van der Waals surface area contributed by atoms with Gasteiger partial charge in [-0.3, -0.25) is 0 Å². The molecule has 0 heterocycles. The Labute approximate surface area is 87.9 Å². The van der Waals surface area contributed by atoms with Gasteiger partial charge in [-0.05, 0) is 12.0 Å². The van der Waals surface area contributed by atoms with Crippen molar-refractivity contribution < 1.29 is 26.3 Å². The Balaban J connectivity index is 5.14. The fourth-order valence-corrected chi connectivity index (χ4v) is 0.827. The van der Waals surface area contributed by atoms with Gasteiger partial charge in [-0.1, -0.05) is 13.8 Å². The van der Waals surface area contributed by atoms with E-state index in [1.54, 1.807) is 0 Å². The molecule has 0 saturated heterocycles. The molecule has 0 aliphatic carbocycles. The molecule has 0 rings (SSSR count). The molecule has 0 amide bonds. The average Bonchev–Trinajstić information content (AvgIpc) is 1.94. The van der Waals surface area contributed by atoms with E-state index in [0.29, 0.717) is 0 Å². The second-order valence-corrected chi connectivity index (χ2v) is 3.77. The number of halogens is 7. The number of rotatable bonds is 2. The molecule has 7 heteroatoms. The number of allylic oxidation sites excluding steroid dienone is 2. The first-order chi connectivity index (χ1) is 6.46. The standard InChI is InChI=1S/C8H9ClF6/c1-4(2)5(9)3-6(7(10,11)12)8(13,14)15/h3-5H,1-2H3. The minimum Gasteiger partial charge on any atom is -0.166 e. The van der Waals surface area contributed by atoms with Gasteiger partial charge in [0.1, 0.15) is 5.57 Å².